The van der Waals surface area contributed by atoms with Crippen molar-refractivity contribution in [1.29, 1.82) is 0 Å². The van der Waals surface area contributed by atoms with Gasteiger partial charge in [0.2, 0.25) is 0 Å². The maximum absolute atomic E-state index is 9.57. The minimum absolute atomic E-state index is 0.731. The van der Waals surface area contributed by atoms with Gasteiger partial charge in [-0.05, 0) is 30.7 Å². The standard InChI is InChI=1S/C18H14O.C3H7NO2/c1-3-9-15(10-4-1)17-13-7-8-14-18(17)19-16-11-5-2-6-12-16;1-2(4)3(5)6/h1-14H;2H,4H2,1H3,(H,5,6)/t;2-/m.0/s1. The molecular weight excluding hydrogens is 314 g/mol. The third-order valence-corrected chi connectivity index (χ3v) is 3.33. The first kappa shape index (κ1) is 18.2. The van der Waals surface area contributed by atoms with Gasteiger partial charge in [-0.25, -0.2) is 0 Å². The molecule has 0 saturated heterocycles. The topological polar surface area (TPSA) is 72.6 Å². The SMILES string of the molecule is C[C@H](N)C(=O)O.c1ccc(Oc2ccccc2-c2ccccc2)cc1. The van der Waals surface area contributed by atoms with E-state index in [2.05, 4.69) is 18.2 Å². The molecule has 0 amide bonds. The number of hydrogen-bond donors (Lipinski definition) is 2. The Morgan fingerprint density at radius 3 is 1.92 bits per heavy atom. The number of carboxylic acids is 1. The number of ether oxygens (including phenoxy) is 1. The van der Waals surface area contributed by atoms with Crippen molar-refractivity contribution in [3.05, 3.63) is 84.9 Å². The Bertz CT molecular complexity index is 787. The molecule has 0 aliphatic rings. The van der Waals surface area contributed by atoms with Gasteiger partial charge in [0.15, 0.2) is 0 Å². The molecule has 0 unspecified atom stereocenters. The van der Waals surface area contributed by atoms with E-state index in [1.165, 1.54) is 6.92 Å². The molecule has 0 heterocycles. The number of nitrogens with two attached hydrogens (primary N) is 1. The number of rotatable bonds is 4. The van der Waals surface area contributed by atoms with Crippen molar-refractivity contribution in [2.24, 2.45) is 5.73 Å². The summed E-state index contributed by atoms with van der Waals surface area (Å²) >= 11 is 0. The molecule has 0 saturated carbocycles. The van der Waals surface area contributed by atoms with Crippen molar-refractivity contribution in [3.63, 3.8) is 0 Å². The molecule has 1 atom stereocenters. The first-order valence-corrected chi connectivity index (χ1v) is 7.93. The van der Waals surface area contributed by atoms with Gasteiger partial charge in [0.1, 0.15) is 17.5 Å². The second kappa shape index (κ2) is 9.25. The van der Waals surface area contributed by atoms with Crippen LogP contribution in [0.2, 0.25) is 0 Å². The highest BCUT2D eigenvalue weighted by Gasteiger charge is 2.05. The molecule has 25 heavy (non-hydrogen) atoms. The van der Waals surface area contributed by atoms with Crippen LogP contribution < -0.4 is 10.5 Å². The van der Waals surface area contributed by atoms with E-state index >= 15 is 0 Å². The molecule has 0 aromatic heterocycles. The summed E-state index contributed by atoms with van der Waals surface area (Å²) < 4.78 is 5.96. The van der Waals surface area contributed by atoms with E-state index in [-0.39, 0.29) is 0 Å². The average molecular weight is 335 g/mol. The first-order valence-electron chi connectivity index (χ1n) is 7.93. The minimum atomic E-state index is -0.963. The quantitative estimate of drug-likeness (QED) is 0.733. The first-order chi connectivity index (χ1) is 12.1. The summed E-state index contributed by atoms with van der Waals surface area (Å²) in [5.41, 5.74) is 7.10. The summed E-state index contributed by atoms with van der Waals surface area (Å²) in [6.45, 7) is 1.42. The zero-order chi connectivity index (χ0) is 18.1. The Morgan fingerprint density at radius 1 is 0.880 bits per heavy atom. The van der Waals surface area contributed by atoms with Crippen LogP contribution in [0.25, 0.3) is 11.1 Å². The Labute approximate surface area is 147 Å². The van der Waals surface area contributed by atoms with Crippen LogP contribution in [0.4, 0.5) is 0 Å². The summed E-state index contributed by atoms with van der Waals surface area (Å²) in [6, 6.07) is 27.5. The van der Waals surface area contributed by atoms with Crippen molar-refractivity contribution in [3.8, 4) is 22.6 Å². The number of carbonyl (C=O) groups is 1. The van der Waals surface area contributed by atoms with Crippen LogP contribution in [-0.2, 0) is 4.79 Å². The largest absolute Gasteiger partial charge is 0.480 e. The van der Waals surface area contributed by atoms with E-state index in [4.69, 9.17) is 15.6 Å². The maximum Gasteiger partial charge on any atom is 0.320 e. The van der Waals surface area contributed by atoms with Gasteiger partial charge in [-0.3, -0.25) is 4.79 Å². The third kappa shape index (κ3) is 5.79. The number of hydrogen-bond acceptors (Lipinski definition) is 3. The second-order valence-electron chi connectivity index (χ2n) is 5.40. The summed E-state index contributed by atoms with van der Waals surface area (Å²) in [6.07, 6.45) is 0. The molecule has 0 radical (unpaired) electrons. The Balaban J connectivity index is 0.000000326. The highest BCUT2D eigenvalue weighted by Crippen LogP contribution is 2.32. The molecule has 3 aromatic rings. The van der Waals surface area contributed by atoms with E-state index in [0.717, 1.165) is 22.6 Å². The Hall–Kier alpha value is -3.11. The van der Waals surface area contributed by atoms with Crippen molar-refractivity contribution in [1.82, 2.24) is 0 Å². The molecule has 3 rings (SSSR count). The average Bonchev–Trinajstić information content (AvgIpc) is 2.64. The zero-order valence-corrected chi connectivity index (χ0v) is 14.0. The lowest BCUT2D eigenvalue weighted by molar-refractivity contribution is -0.138. The Morgan fingerprint density at radius 2 is 1.36 bits per heavy atom. The molecule has 0 bridgehead atoms. The lowest BCUT2D eigenvalue weighted by Gasteiger charge is -2.11. The van der Waals surface area contributed by atoms with Gasteiger partial charge in [-0.15, -0.1) is 0 Å². The fraction of sp³-hybridized carbons (Fsp3) is 0.0952. The van der Waals surface area contributed by atoms with Crippen molar-refractivity contribution in [2.75, 3.05) is 0 Å². The summed E-state index contributed by atoms with van der Waals surface area (Å²) in [5, 5.41) is 7.87. The normalized spacial score (nSPS) is 11.0. The van der Waals surface area contributed by atoms with Gasteiger partial charge in [-0.2, -0.15) is 0 Å². The molecule has 4 heteroatoms. The second-order valence-corrected chi connectivity index (χ2v) is 5.40. The van der Waals surface area contributed by atoms with Gasteiger partial charge < -0.3 is 15.6 Å². The highest BCUT2D eigenvalue weighted by atomic mass is 16.5. The van der Waals surface area contributed by atoms with E-state index in [0.29, 0.717) is 0 Å². The number of para-hydroxylation sites is 2. The van der Waals surface area contributed by atoms with E-state index in [1.54, 1.807) is 0 Å². The van der Waals surface area contributed by atoms with Crippen LogP contribution in [-0.4, -0.2) is 17.1 Å². The molecular formula is C21H21NO3. The van der Waals surface area contributed by atoms with Gasteiger partial charge in [-0.1, -0.05) is 66.7 Å². The van der Waals surface area contributed by atoms with Gasteiger partial charge >= 0.3 is 5.97 Å². The van der Waals surface area contributed by atoms with E-state index < -0.39 is 12.0 Å². The molecule has 0 aliphatic heterocycles. The van der Waals surface area contributed by atoms with Crippen LogP contribution >= 0.6 is 0 Å². The molecule has 128 valence electrons. The fourth-order valence-electron chi connectivity index (χ4n) is 2.03. The van der Waals surface area contributed by atoms with Crippen LogP contribution in [0.5, 0.6) is 11.5 Å². The fourth-order valence-corrected chi connectivity index (χ4v) is 2.03. The van der Waals surface area contributed by atoms with Gasteiger partial charge in [0.05, 0.1) is 0 Å². The van der Waals surface area contributed by atoms with E-state index in [1.807, 2.05) is 66.7 Å². The number of aliphatic carboxylic acids is 1. The molecule has 0 spiro atoms. The Kier molecular flexibility index (Phi) is 6.75. The third-order valence-electron chi connectivity index (χ3n) is 3.33. The highest BCUT2D eigenvalue weighted by molar-refractivity contribution is 5.72. The van der Waals surface area contributed by atoms with Crippen LogP contribution in [0, 0.1) is 0 Å². The summed E-state index contributed by atoms with van der Waals surface area (Å²) in [5.74, 6) is 0.765. The number of carboxylic acid groups (broad SMARTS) is 1. The van der Waals surface area contributed by atoms with Crippen LogP contribution in [0.15, 0.2) is 84.9 Å². The van der Waals surface area contributed by atoms with E-state index in [9.17, 15) is 4.79 Å². The molecule has 4 nitrogen and oxygen atoms in total. The molecule has 3 N–H and O–H groups in total. The maximum atomic E-state index is 9.57. The molecule has 3 aromatic carbocycles. The predicted octanol–water partition coefficient (Wildman–Crippen LogP) is 4.56. The monoisotopic (exact) mass is 335 g/mol. The predicted molar refractivity (Wildman–Crippen MR) is 99.7 cm³/mol. The molecule has 0 aliphatic carbocycles. The van der Waals surface area contributed by atoms with Gasteiger partial charge in [0, 0.05) is 5.56 Å². The van der Waals surface area contributed by atoms with Crippen LogP contribution in [0.1, 0.15) is 6.92 Å². The van der Waals surface area contributed by atoms with Crippen LogP contribution in [0.3, 0.4) is 0 Å². The van der Waals surface area contributed by atoms with Gasteiger partial charge in [0.25, 0.3) is 0 Å². The van der Waals surface area contributed by atoms with Crippen molar-refractivity contribution >= 4 is 5.97 Å². The van der Waals surface area contributed by atoms with Crippen molar-refractivity contribution in [2.45, 2.75) is 13.0 Å². The lowest BCUT2D eigenvalue weighted by atomic mass is 10.1. The summed E-state index contributed by atoms with van der Waals surface area (Å²) in [4.78, 5) is 9.57. The zero-order valence-electron chi connectivity index (χ0n) is 14.0. The minimum Gasteiger partial charge on any atom is -0.480 e. The smallest absolute Gasteiger partial charge is 0.320 e. The molecule has 0 fully saturated rings. The van der Waals surface area contributed by atoms with Crippen molar-refractivity contribution < 1.29 is 14.6 Å². The number of benzene rings is 3. The lowest BCUT2D eigenvalue weighted by Crippen LogP contribution is -2.25. The summed E-state index contributed by atoms with van der Waals surface area (Å²) in [7, 11) is 0.